The molecule has 1 aromatic rings. The van der Waals surface area contributed by atoms with Gasteiger partial charge in [0.1, 0.15) is 5.15 Å². The maximum atomic E-state index is 11.8. The van der Waals surface area contributed by atoms with Gasteiger partial charge in [-0.1, -0.05) is 11.6 Å². The van der Waals surface area contributed by atoms with Gasteiger partial charge in [0, 0.05) is 19.0 Å². The quantitative estimate of drug-likeness (QED) is 0.792. The standard InChI is InChI=1S/C11H14ClN3O3S/c12-10-2-1-8(6-14-10)15-11(16)5-9-7-19(17,18)4-3-13-9/h1-2,6,9,13H,3-5,7H2,(H,15,16). The molecule has 1 atom stereocenters. The van der Waals surface area contributed by atoms with Crippen LogP contribution in [0.3, 0.4) is 0 Å². The average Bonchev–Trinajstić information content (AvgIpc) is 2.30. The molecule has 0 radical (unpaired) electrons. The number of anilines is 1. The minimum absolute atomic E-state index is 0.000707. The summed E-state index contributed by atoms with van der Waals surface area (Å²) in [5.41, 5.74) is 0.535. The maximum absolute atomic E-state index is 11.8. The van der Waals surface area contributed by atoms with Gasteiger partial charge in [-0.15, -0.1) is 0 Å². The summed E-state index contributed by atoms with van der Waals surface area (Å²) in [5, 5.41) is 6.02. The molecule has 1 aliphatic rings. The van der Waals surface area contributed by atoms with Crippen molar-refractivity contribution in [3.05, 3.63) is 23.5 Å². The lowest BCUT2D eigenvalue weighted by atomic mass is 10.2. The van der Waals surface area contributed by atoms with E-state index in [2.05, 4.69) is 15.6 Å². The Morgan fingerprint density at radius 1 is 1.53 bits per heavy atom. The number of nitrogens with zero attached hydrogens (tertiary/aromatic N) is 1. The largest absolute Gasteiger partial charge is 0.325 e. The number of carbonyl (C=O) groups is 1. The van der Waals surface area contributed by atoms with Crippen molar-refractivity contribution in [2.75, 3.05) is 23.4 Å². The van der Waals surface area contributed by atoms with Gasteiger partial charge in [0.25, 0.3) is 0 Å². The molecule has 1 aliphatic heterocycles. The summed E-state index contributed by atoms with van der Waals surface area (Å²) < 4.78 is 22.9. The number of nitrogens with one attached hydrogen (secondary N) is 2. The summed E-state index contributed by atoms with van der Waals surface area (Å²) in [5.74, 6) is -0.121. The van der Waals surface area contributed by atoms with Crippen molar-refractivity contribution in [3.8, 4) is 0 Å². The van der Waals surface area contributed by atoms with Crippen molar-refractivity contribution in [2.45, 2.75) is 12.5 Å². The van der Waals surface area contributed by atoms with Crippen molar-refractivity contribution in [1.29, 1.82) is 0 Å². The molecule has 1 fully saturated rings. The molecular weight excluding hydrogens is 290 g/mol. The van der Waals surface area contributed by atoms with Gasteiger partial charge in [0.05, 0.1) is 23.4 Å². The number of pyridine rings is 1. The van der Waals surface area contributed by atoms with E-state index in [9.17, 15) is 13.2 Å². The third kappa shape index (κ3) is 4.45. The number of carbonyl (C=O) groups excluding carboxylic acids is 1. The summed E-state index contributed by atoms with van der Waals surface area (Å²) in [6, 6.07) is 2.87. The second-order valence-corrected chi connectivity index (χ2v) is 7.00. The number of hydrogen-bond donors (Lipinski definition) is 2. The van der Waals surface area contributed by atoms with E-state index >= 15 is 0 Å². The lowest BCUT2D eigenvalue weighted by Gasteiger charge is -2.23. The smallest absolute Gasteiger partial charge is 0.226 e. The second kappa shape index (κ2) is 5.85. The molecule has 1 amide bonds. The summed E-state index contributed by atoms with van der Waals surface area (Å²) in [6.45, 7) is 0.392. The first-order valence-electron chi connectivity index (χ1n) is 5.80. The molecule has 2 heterocycles. The van der Waals surface area contributed by atoms with Crippen LogP contribution < -0.4 is 10.6 Å². The molecule has 1 saturated heterocycles. The van der Waals surface area contributed by atoms with Crippen LogP contribution in [0, 0.1) is 0 Å². The number of rotatable bonds is 3. The molecule has 104 valence electrons. The van der Waals surface area contributed by atoms with Gasteiger partial charge < -0.3 is 10.6 Å². The first-order chi connectivity index (χ1) is 8.94. The Kier molecular flexibility index (Phi) is 4.38. The SMILES string of the molecule is O=C(CC1CS(=O)(=O)CCN1)Nc1ccc(Cl)nc1. The molecule has 0 aromatic carbocycles. The van der Waals surface area contributed by atoms with Crippen LogP contribution in [0.2, 0.25) is 5.15 Å². The fraction of sp³-hybridized carbons (Fsp3) is 0.455. The molecule has 6 nitrogen and oxygen atoms in total. The minimum Gasteiger partial charge on any atom is -0.325 e. The van der Waals surface area contributed by atoms with Gasteiger partial charge in [-0.05, 0) is 12.1 Å². The molecule has 19 heavy (non-hydrogen) atoms. The minimum atomic E-state index is -3.03. The lowest BCUT2D eigenvalue weighted by molar-refractivity contribution is -0.116. The molecule has 2 rings (SSSR count). The van der Waals surface area contributed by atoms with E-state index in [-0.39, 0.29) is 29.9 Å². The first-order valence-corrected chi connectivity index (χ1v) is 8.00. The van der Waals surface area contributed by atoms with Crippen LogP contribution in [-0.4, -0.2) is 43.4 Å². The van der Waals surface area contributed by atoms with Crippen molar-refractivity contribution in [2.24, 2.45) is 0 Å². The van der Waals surface area contributed by atoms with Crippen LogP contribution in [0.25, 0.3) is 0 Å². The Bertz CT molecular complexity index is 559. The third-order valence-corrected chi connectivity index (χ3v) is 4.70. The van der Waals surface area contributed by atoms with Crippen LogP contribution in [0.4, 0.5) is 5.69 Å². The van der Waals surface area contributed by atoms with E-state index in [4.69, 9.17) is 11.6 Å². The Labute approximate surface area is 116 Å². The summed E-state index contributed by atoms with van der Waals surface area (Å²) in [7, 11) is -3.03. The molecule has 0 aliphatic carbocycles. The predicted molar refractivity (Wildman–Crippen MR) is 72.9 cm³/mol. The van der Waals surface area contributed by atoms with Gasteiger partial charge in [-0.25, -0.2) is 13.4 Å². The number of sulfone groups is 1. The van der Waals surface area contributed by atoms with E-state index < -0.39 is 9.84 Å². The average molecular weight is 304 g/mol. The third-order valence-electron chi connectivity index (χ3n) is 2.74. The highest BCUT2D eigenvalue weighted by Crippen LogP contribution is 2.11. The Morgan fingerprint density at radius 2 is 2.32 bits per heavy atom. The van der Waals surface area contributed by atoms with Crippen molar-refractivity contribution in [3.63, 3.8) is 0 Å². The molecule has 0 bridgehead atoms. The molecule has 1 aromatic heterocycles. The molecule has 8 heteroatoms. The number of aromatic nitrogens is 1. The summed E-state index contributed by atoms with van der Waals surface area (Å²) in [6.07, 6.45) is 1.56. The lowest BCUT2D eigenvalue weighted by Crippen LogP contribution is -2.46. The van der Waals surface area contributed by atoms with Gasteiger partial charge >= 0.3 is 0 Å². The van der Waals surface area contributed by atoms with Crippen LogP contribution >= 0.6 is 11.6 Å². The van der Waals surface area contributed by atoms with Gasteiger partial charge in [-0.2, -0.15) is 0 Å². The zero-order valence-corrected chi connectivity index (χ0v) is 11.7. The topological polar surface area (TPSA) is 88.2 Å². The fourth-order valence-corrected chi connectivity index (χ4v) is 3.44. The van der Waals surface area contributed by atoms with E-state index in [0.717, 1.165) is 0 Å². The van der Waals surface area contributed by atoms with E-state index in [1.165, 1.54) is 6.20 Å². The first kappa shape index (κ1) is 14.2. The monoisotopic (exact) mass is 303 g/mol. The predicted octanol–water partition coefficient (Wildman–Crippen LogP) is 0.450. The second-order valence-electron chi connectivity index (χ2n) is 4.39. The molecule has 2 N–H and O–H groups in total. The van der Waals surface area contributed by atoms with Crippen LogP contribution in [0.15, 0.2) is 18.3 Å². The van der Waals surface area contributed by atoms with Crippen LogP contribution in [0.1, 0.15) is 6.42 Å². The highest BCUT2D eigenvalue weighted by Gasteiger charge is 2.25. The van der Waals surface area contributed by atoms with Gasteiger partial charge in [0.15, 0.2) is 9.84 Å². The van der Waals surface area contributed by atoms with Crippen molar-refractivity contribution >= 4 is 33.0 Å². The van der Waals surface area contributed by atoms with Crippen LogP contribution in [-0.2, 0) is 14.6 Å². The fourth-order valence-electron chi connectivity index (χ4n) is 1.88. The highest BCUT2D eigenvalue weighted by atomic mass is 35.5. The van der Waals surface area contributed by atoms with Crippen molar-refractivity contribution in [1.82, 2.24) is 10.3 Å². The molecule has 0 spiro atoms. The highest BCUT2D eigenvalue weighted by molar-refractivity contribution is 7.91. The summed E-state index contributed by atoms with van der Waals surface area (Å²) in [4.78, 5) is 15.6. The Morgan fingerprint density at radius 3 is 2.95 bits per heavy atom. The zero-order chi connectivity index (χ0) is 13.9. The number of hydrogen-bond acceptors (Lipinski definition) is 5. The van der Waals surface area contributed by atoms with Crippen molar-refractivity contribution < 1.29 is 13.2 Å². The maximum Gasteiger partial charge on any atom is 0.226 e. The zero-order valence-electron chi connectivity index (χ0n) is 10.1. The molecular formula is C11H14ClN3O3S. The number of halogens is 1. The van der Waals surface area contributed by atoms with Gasteiger partial charge in [-0.3, -0.25) is 4.79 Å². The number of amides is 1. The normalized spacial score (nSPS) is 21.8. The van der Waals surface area contributed by atoms with Gasteiger partial charge in [0.2, 0.25) is 5.91 Å². The summed E-state index contributed by atoms with van der Waals surface area (Å²) >= 11 is 5.63. The van der Waals surface area contributed by atoms with E-state index in [1.807, 2.05) is 0 Å². The molecule has 0 saturated carbocycles. The Balaban J connectivity index is 1.89. The van der Waals surface area contributed by atoms with E-state index in [0.29, 0.717) is 17.4 Å². The molecule has 1 unspecified atom stereocenters. The van der Waals surface area contributed by atoms with E-state index in [1.54, 1.807) is 12.1 Å². The Hall–Kier alpha value is -1.18. The van der Waals surface area contributed by atoms with Crippen LogP contribution in [0.5, 0.6) is 0 Å².